The minimum absolute atomic E-state index is 0.0646. The molecule has 0 spiro atoms. The zero-order valence-corrected chi connectivity index (χ0v) is 10.6. The van der Waals surface area contributed by atoms with E-state index < -0.39 is 0 Å². The van der Waals surface area contributed by atoms with Gasteiger partial charge in [0.1, 0.15) is 11.9 Å². The highest BCUT2D eigenvalue weighted by atomic mass is 79.9. The van der Waals surface area contributed by atoms with Crippen molar-refractivity contribution in [1.29, 1.82) is 0 Å². The number of pyridine rings is 1. The van der Waals surface area contributed by atoms with E-state index in [0.29, 0.717) is 5.82 Å². The lowest BCUT2D eigenvalue weighted by Crippen LogP contribution is -2.35. The fourth-order valence-electron chi connectivity index (χ4n) is 1.13. The number of hydrogen-bond donors (Lipinski definition) is 2. The molecule has 1 aromatic rings. The van der Waals surface area contributed by atoms with Crippen molar-refractivity contribution in [3.05, 3.63) is 22.3 Å². The molecule has 15 heavy (non-hydrogen) atoms. The first-order valence-corrected chi connectivity index (χ1v) is 5.44. The fourth-order valence-corrected chi connectivity index (χ4v) is 1.48. The summed E-state index contributed by atoms with van der Waals surface area (Å²) in [4.78, 5) is 15.5. The number of hydrogen-bond acceptors (Lipinski definition) is 3. The average molecular weight is 272 g/mol. The van der Waals surface area contributed by atoms with Crippen molar-refractivity contribution in [2.24, 2.45) is 0 Å². The highest BCUT2D eigenvalue weighted by molar-refractivity contribution is 9.10. The first-order valence-electron chi connectivity index (χ1n) is 4.65. The van der Waals surface area contributed by atoms with Gasteiger partial charge in [-0.1, -0.05) is 0 Å². The lowest BCUT2D eigenvalue weighted by atomic mass is 10.2. The third kappa shape index (κ3) is 2.92. The molecular weight excluding hydrogens is 258 g/mol. The summed E-state index contributed by atoms with van der Waals surface area (Å²) in [5.74, 6) is 0.622. The van der Waals surface area contributed by atoms with Gasteiger partial charge in [0.15, 0.2) is 0 Å². The number of aromatic nitrogens is 1. The van der Waals surface area contributed by atoms with E-state index in [1.165, 1.54) is 0 Å². The summed E-state index contributed by atoms with van der Waals surface area (Å²) in [6.45, 7) is 3.76. The van der Waals surface area contributed by atoms with Gasteiger partial charge in [-0.2, -0.15) is 0 Å². The second kappa shape index (κ2) is 5.11. The van der Waals surface area contributed by atoms with Crippen molar-refractivity contribution < 1.29 is 4.79 Å². The van der Waals surface area contributed by atoms with Crippen LogP contribution in [-0.4, -0.2) is 24.0 Å². The Kier molecular flexibility index (Phi) is 4.08. The zero-order chi connectivity index (χ0) is 11.4. The van der Waals surface area contributed by atoms with Crippen LogP contribution in [0.1, 0.15) is 12.5 Å². The summed E-state index contributed by atoms with van der Waals surface area (Å²) in [7, 11) is 1.61. The molecule has 5 heteroatoms. The Labute approximate surface area is 97.6 Å². The predicted molar refractivity (Wildman–Crippen MR) is 63.8 cm³/mol. The molecule has 1 amide bonds. The standard InChI is InChI=1S/C10H14BrN3O/c1-6-4-5-13-9(8(6)11)14-7(2)10(15)12-3/h4-5,7H,1-3H3,(H,12,15)(H,13,14). The Morgan fingerprint density at radius 1 is 1.60 bits per heavy atom. The van der Waals surface area contributed by atoms with E-state index in [9.17, 15) is 4.79 Å². The third-order valence-electron chi connectivity index (χ3n) is 2.08. The monoisotopic (exact) mass is 271 g/mol. The van der Waals surface area contributed by atoms with Gasteiger partial charge in [0, 0.05) is 13.2 Å². The Balaban J connectivity index is 2.81. The van der Waals surface area contributed by atoms with Gasteiger partial charge in [-0.3, -0.25) is 4.79 Å². The number of carbonyl (C=O) groups is 1. The summed E-state index contributed by atoms with van der Waals surface area (Å²) in [5.41, 5.74) is 1.08. The second-order valence-electron chi connectivity index (χ2n) is 3.27. The number of nitrogens with zero attached hydrogens (tertiary/aromatic N) is 1. The molecule has 0 fully saturated rings. The van der Waals surface area contributed by atoms with E-state index in [1.54, 1.807) is 20.2 Å². The quantitative estimate of drug-likeness (QED) is 0.880. The molecule has 1 heterocycles. The van der Waals surface area contributed by atoms with Crippen molar-refractivity contribution >= 4 is 27.7 Å². The summed E-state index contributed by atoms with van der Waals surface area (Å²) >= 11 is 3.42. The van der Waals surface area contributed by atoms with Crippen LogP contribution in [-0.2, 0) is 4.79 Å². The van der Waals surface area contributed by atoms with Crippen LogP contribution in [0, 0.1) is 6.92 Å². The molecule has 2 N–H and O–H groups in total. The van der Waals surface area contributed by atoms with E-state index in [-0.39, 0.29) is 11.9 Å². The molecule has 1 atom stereocenters. The van der Waals surface area contributed by atoms with Crippen LogP contribution in [0.2, 0.25) is 0 Å². The van der Waals surface area contributed by atoms with Crippen LogP contribution in [0.5, 0.6) is 0 Å². The molecule has 0 saturated heterocycles. The van der Waals surface area contributed by atoms with Gasteiger partial charge in [-0.15, -0.1) is 0 Å². The van der Waals surface area contributed by atoms with Crippen molar-refractivity contribution in [3.8, 4) is 0 Å². The molecule has 0 aromatic carbocycles. The van der Waals surface area contributed by atoms with Crippen molar-refractivity contribution in [1.82, 2.24) is 10.3 Å². The van der Waals surface area contributed by atoms with Gasteiger partial charge in [0.2, 0.25) is 5.91 Å². The first kappa shape index (κ1) is 12.0. The van der Waals surface area contributed by atoms with E-state index in [0.717, 1.165) is 10.0 Å². The number of rotatable bonds is 3. The molecule has 0 aliphatic rings. The van der Waals surface area contributed by atoms with Gasteiger partial charge < -0.3 is 10.6 Å². The molecule has 1 aromatic heterocycles. The lowest BCUT2D eigenvalue weighted by Gasteiger charge is -2.14. The Hall–Kier alpha value is -1.10. The summed E-state index contributed by atoms with van der Waals surface area (Å²) in [5, 5.41) is 5.61. The predicted octanol–water partition coefficient (Wildman–Crippen LogP) is 1.70. The van der Waals surface area contributed by atoms with Crippen molar-refractivity contribution in [3.63, 3.8) is 0 Å². The summed E-state index contributed by atoms with van der Waals surface area (Å²) in [6, 6.07) is 1.60. The van der Waals surface area contributed by atoms with Crippen LogP contribution in [0.3, 0.4) is 0 Å². The van der Waals surface area contributed by atoms with E-state index in [4.69, 9.17) is 0 Å². The Morgan fingerprint density at radius 2 is 2.27 bits per heavy atom. The number of anilines is 1. The second-order valence-corrected chi connectivity index (χ2v) is 4.06. The first-order chi connectivity index (χ1) is 7.06. The van der Waals surface area contributed by atoms with Crippen LogP contribution in [0.15, 0.2) is 16.7 Å². The third-order valence-corrected chi connectivity index (χ3v) is 3.08. The fraction of sp³-hybridized carbons (Fsp3) is 0.400. The number of aryl methyl sites for hydroxylation is 1. The zero-order valence-electron chi connectivity index (χ0n) is 8.97. The van der Waals surface area contributed by atoms with Crippen LogP contribution in [0.25, 0.3) is 0 Å². The van der Waals surface area contributed by atoms with Crippen molar-refractivity contribution in [2.75, 3.05) is 12.4 Å². The minimum Gasteiger partial charge on any atom is -0.358 e. The molecule has 0 aliphatic heterocycles. The SMILES string of the molecule is CNC(=O)C(C)Nc1nccc(C)c1Br. The summed E-state index contributed by atoms with van der Waals surface area (Å²) < 4.78 is 0.890. The largest absolute Gasteiger partial charge is 0.358 e. The topological polar surface area (TPSA) is 54.0 Å². The van der Waals surface area contributed by atoms with Gasteiger partial charge in [-0.05, 0) is 41.4 Å². The van der Waals surface area contributed by atoms with Crippen LogP contribution in [0.4, 0.5) is 5.82 Å². The summed E-state index contributed by atoms with van der Waals surface area (Å²) in [6.07, 6.45) is 1.71. The molecule has 82 valence electrons. The maximum Gasteiger partial charge on any atom is 0.241 e. The molecule has 4 nitrogen and oxygen atoms in total. The average Bonchev–Trinajstić information content (AvgIpc) is 2.23. The van der Waals surface area contributed by atoms with Crippen LogP contribution >= 0.6 is 15.9 Å². The molecule has 0 radical (unpaired) electrons. The normalized spacial score (nSPS) is 12.0. The number of amides is 1. The lowest BCUT2D eigenvalue weighted by molar-refractivity contribution is -0.121. The molecule has 1 unspecified atom stereocenters. The maximum absolute atomic E-state index is 11.3. The number of carbonyl (C=O) groups excluding carboxylic acids is 1. The number of nitrogens with one attached hydrogen (secondary N) is 2. The van der Waals surface area contributed by atoms with Crippen molar-refractivity contribution in [2.45, 2.75) is 19.9 Å². The highest BCUT2D eigenvalue weighted by Gasteiger charge is 2.13. The van der Waals surface area contributed by atoms with Gasteiger partial charge in [0.05, 0.1) is 4.47 Å². The minimum atomic E-state index is -0.305. The van der Waals surface area contributed by atoms with Gasteiger partial charge in [-0.25, -0.2) is 4.98 Å². The molecular formula is C10H14BrN3O. The molecule has 0 aliphatic carbocycles. The Morgan fingerprint density at radius 3 is 2.87 bits per heavy atom. The maximum atomic E-state index is 11.3. The molecule has 1 rings (SSSR count). The van der Waals surface area contributed by atoms with E-state index in [1.807, 2.05) is 13.0 Å². The van der Waals surface area contributed by atoms with Gasteiger partial charge in [0.25, 0.3) is 0 Å². The Bertz CT molecular complexity index is 368. The molecule has 0 bridgehead atoms. The smallest absolute Gasteiger partial charge is 0.241 e. The molecule has 0 saturated carbocycles. The van der Waals surface area contributed by atoms with E-state index >= 15 is 0 Å². The van der Waals surface area contributed by atoms with Crippen LogP contribution < -0.4 is 10.6 Å². The number of halogens is 1. The van der Waals surface area contributed by atoms with Gasteiger partial charge >= 0.3 is 0 Å². The van der Waals surface area contributed by atoms with E-state index in [2.05, 4.69) is 31.5 Å². The highest BCUT2D eigenvalue weighted by Crippen LogP contribution is 2.23. The number of likely N-dealkylation sites (N-methyl/N-ethyl adjacent to an activating group) is 1.